The number of aromatic nitrogens is 5. The van der Waals surface area contributed by atoms with Crippen molar-refractivity contribution >= 4 is 50.1 Å². The van der Waals surface area contributed by atoms with Gasteiger partial charge in [0.1, 0.15) is 5.15 Å². The van der Waals surface area contributed by atoms with E-state index in [-0.39, 0.29) is 22.1 Å². The van der Waals surface area contributed by atoms with Crippen LogP contribution < -0.4 is 20.5 Å². The second-order valence-corrected chi connectivity index (χ2v) is 13.2. The Morgan fingerprint density at radius 2 is 1.88 bits per heavy atom. The van der Waals surface area contributed by atoms with Crippen LogP contribution in [0.3, 0.4) is 0 Å². The normalized spacial score (nSPS) is 20.3. The number of amides is 1. The predicted octanol–water partition coefficient (Wildman–Crippen LogP) is 2.79. The fourth-order valence-electron chi connectivity index (χ4n) is 6.02. The van der Waals surface area contributed by atoms with Gasteiger partial charge < -0.3 is 10.2 Å². The molecule has 12 nitrogen and oxygen atoms in total. The molecule has 1 saturated carbocycles. The lowest BCUT2D eigenvalue weighted by Crippen LogP contribution is -2.32. The standard InChI is InChI=1S/C28H29ClN8O4S/c1-14-9-16(15(2)32-20-5-6-22(29)33-25(20)26(38)35-42(4,40)41)24-17(10-14)27(39)36(3)28(34-24)37-12-18-19(13-37)23(18)21-11-30-7-8-31-21/h5-11,15,18-19,23,32H,12-13H2,1-4H3,(H,35,38)/t15-,18-,19+,23?/m1/s1. The fraction of sp³-hybridized carbons (Fsp3) is 0.357. The molecule has 1 aliphatic heterocycles. The molecule has 4 aromatic rings. The first-order valence-corrected chi connectivity index (χ1v) is 15.7. The molecule has 1 unspecified atom stereocenters. The maximum absolute atomic E-state index is 13.6. The largest absolute Gasteiger partial charge is 0.377 e. The first-order chi connectivity index (χ1) is 19.9. The number of hydrogen-bond acceptors (Lipinski definition) is 10. The van der Waals surface area contributed by atoms with E-state index in [9.17, 15) is 18.0 Å². The maximum atomic E-state index is 13.6. The topological polar surface area (TPSA) is 152 Å². The van der Waals surface area contributed by atoms with E-state index in [2.05, 4.69) is 25.2 Å². The van der Waals surface area contributed by atoms with Gasteiger partial charge in [0, 0.05) is 50.2 Å². The van der Waals surface area contributed by atoms with Crippen molar-refractivity contribution < 1.29 is 13.2 Å². The number of benzene rings is 1. The molecule has 1 aliphatic carbocycles. The summed E-state index contributed by atoms with van der Waals surface area (Å²) < 4.78 is 26.9. The zero-order chi connectivity index (χ0) is 29.9. The molecule has 0 bridgehead atoms. The molecule has 2 fully saturated rings. The van der Waals surface area contributed by atoms with Crippen molar-refractivity contribution in [3.63, 3.8) is 0 Å². The average molecular weight is 609 g/mol. The Kier molecular flexibility index (Phi) is 6.89. The van der Waals surface area contributed by atoms with Crippen LogP contribution in [0.1, 0.15) is 46.2 Å². The zero-order valence-corrected chi connectivity index (χ0v) is 24.9. The number of nitrogens with one attached hydrogen (secondary N) is 2. The van der Waals surface area contributed by atoms with Gasteiger partial charge in [-0.2, -0.15) is 0 Å². The van der Waals surface area contributed by atoms with E-state index in [1.807, 2.05) is 36.9 Å². The predicted molar refractivity (Wildman–Crippen MR) is 159 cm³/mol. The Bertz CT molecular complexity index is 1890. The molecule has 3 aromatic heterocycles. The highest BCUT2D eigenvalue weighted by atomic mass is 35.5. The third kappa shape index (κ3) is 5.18. The molecule has 6 rings (SSSR count). The number of fused-ring (bicyclic) bond motifs is 2. The molecule has 1 saturated heterocycles. The minimum Gasteiger partial charge on any atom is -0.377 e. The number of hydrogen-bond donors (Lipinski definition) is 2. The highest BCUT2D eigenvalue weighted by molar-refractivity contribution is 7.89. The number of nitrogens with zero attached hydrogens (tertiary/aromatic N) is 6. The number of piperidine rings is 1. The highest BCUT2D eigenvalue weighted by Gasteiger charge is 2.57. The van der Waals surface area contributed by atoms with Crippen LogP contribution in [0.25, 0.3) is 10.9 Å². The second-order valence-electron chi connectivity index (χ2n) is 11.0. The van der Waals surface area contributed by atoms with Crippen LogP contribution in [0.4, 0.5) is 11.6 Å². The quantitative estimate of drug-likeness (QED) is 0.300. The molecule has 0 radical (unpaired) electrons. The van der Waals surface area contributed by atoms with E-state index >= 15 is 0 Å². The van der Waals surface area contributed by atoms with Gasteiger partial charge in [-0.1, -0.05) is 17.7 Å². The average Bonchev–Trinajstić information content (AvgIpc) is 3.44. The lowest BCUT2D eigenvalue weighted by Gasteiger charge is -2.25. The SMILES string of the molecule is Cc1cc([C@@H](C)Nc2ccc(Cl)nc2C(=O)NS(C)(=O)=O)c2nc(N3C[C@@H]4C(c5cnccn5)[C@@H]4C3)n(C)c(=O)c2c1. The molecule has 1 aromatic carbocycles. The lowest BCUT2D eigenvalue weighted by molar-refractivity contribution is 0.0977. The number of aryl methyl sites for hydroxylation is 1. The Hall–Kier alpha value is -4.10. The number of carbonyl (C=O) groups excluding carboxylic acids is 1. The number of rotatable bonds is 7. The Morgan fingerprint density at radius 3 is 2.55 bits per heavy atom. The summed E-state index contributed by atoms with van der Waals surface area (Å²) in [7, 11) is -2.09. The molecule has 4 atom stereocenters. The van der Waals surface area contributed by atoms with E-state index < -0.39 is 22.0 Å². The second kappa shape index (κ2) is 10.3. The Morgan fingerprint density at radius 1 is 1.14 bits per heavy atom. The van der Waals surface area contributed by atoms with E-state index in [4.69, 9.17) is 16.6 Å². The first kappa shape index (κ1) is 28.0. The smallest absolute Gasteiger partial charge is 0.285 e. The summed E-state index contributed by atoms with van der Waals surface area (Å²) in [5.74, 6) is 0.918. The van der Waals surface area contributed by atoms with E-state index in [1.165, 1.54) is 6.07 Å². The van der Waals surface area contributed by atoms with Gasteiger partial charge in [-0.3, -0.25) is 24.1 Å². The van der Waals surface area contributed by atoms with Gasteiger partial charge in [-0.05, 0) is 49.4 Å². The van der Waals surface area contributed by atoms with Crippen molar-refractivity contribution in [2.45, 2.75) is 25.8 Å². The van der Waals surface area contributed by atoms with Crippen LogP contribution in [0.2, 0.25) is 5.15 Å². The van der Waals surface area contributed by atoms with Crippen molar-refractivity contribution in [3.05, 3.63) is 80.9 Å². The van der Waals surface area contributed by atoms with Gasteiger partial charge in [0.15, 0.2) is 5.69 Å². The molecule has 14 heteroatoms. The van der Waals surface area contributed by atoms with E-state index in [1.54, 1.807) is 30.1 Å². The summed E-state index contributed by atoms with van der Waals surface area (Å²) in [5.41, 5.74) is 3.13. The number of carbonyl (C=O) groups is 1. The molecule has 4 heterocycles. The summed E-state index contributed by atoms with van der Waals surface area (Å²) in [6.45, 7) is 5.30. The van der Waals surface area contributed by atoms with Gasteiger partial charge >= 0.3 is 0 Å². The Balaban J connectivity index is 1.33. The van der Waals surface area contributed by atoms with Crippen molar-refractivity contribution in [3.8, 4) is 0 Å². The number of anilines is 2. The van der Waals surface area contributed by atoms with Gasteiger partial charge in [-0.25, -0.2) is 23.1 Å². The molecular weight excluding hydrogens is 580 g/mol. The number of pyridine rings is 1. The highest BCUT2D eigenvalue weighted by Crippen LogP contribution is 2.57. The van der Waals surface area contributed by atoms with Crippen molar-refractivity contribution in [1.82, 2.24) is 29.2 Å². The van der Waals surface area contributed by atoms with Crippen LogP contribution in [0.5, 0.6) is 0 Å². The van der Waals surface area contributed by atoms with Crippen LogP contribution in [0.15, 0.2) is 47.7 Å². The molecule has 218 valence electrons. The van der Waals surface area contributed by atoms with Gasteiger partial charge in [0.2, 0.25) is 16.0 Å². The summed E-state index contributed by atoms with van der Waals surface area (Å²) in [6, 6.07) is 6.39. The van der Waals surface area contributed by atoms with Crippen molar-refractivity contribution in [2.75, 3.05) is 29.6 Å². The molecule has 0 spiro atoms. The summed E-state index contributed by atoms with van der Waals surface area (Å²) in [4.78, 5) is 46.2. The number of halogens is 1. The first-order valence-electron chi connectivity index (χ1n) is 13.4. The van der Waals surface area contributed by atoms with Crippen LogP contribution in [-0.2, 0) is 17.1 Å². The molecule has 2 aliphatic rings. The summed E-state index contributed by atoms with van der Waals surface area (Å²) >= 11 is 6.03. The van der Waals surface area contributed by atoms with Crippen molar-refractivity contribution in [1.29, 1.82) is 0 Å². The third-order valence-corrected chi connectivity index (χ3v) is 8.69. The van der Waals surface area contributed by atoms with Gasteiger partial charge in [0.25, 0.3) is 11.5 Å². The van der Waals surface area contributed by atoms with Gasteiger partial charge in [0.05, 0.1) is 34.6 Å². The van der Waals surface area contributed by atoms with Crippen LogP contribution in [0, 0.1) is 18.8 Å². The molecule has 2 N–H and O–H groups in total. The van der Waals surface area contributed by atoms with E-state index in [0.717, 1.165) is 36.2 Å². The third-order valence-electron chi connectivity index (χ3n) is 7.93. The lowest BCUT2D eigenvalue weighted by atomic mass is 10.0. The maximum Gasteiger partial charge on any atom is 0.285 e. The monoisotopic (exact) mass is 608 g/mol. The Labute approximate surface area is 247 Å². The minimum absolute atomic E-state index is 0.0351. The van der Waals surface area contributed by atoms with Crippen LogP contribution >= 0.6 is 11.6 Å². The van der Waals surface area contributed by atoms with Crippen molar-refractivity contribution in [2.24, 2.45) is 18.9 Å². The van der Waals surface area contributed by atoms with E-state index in [0.29, 0.717) is 34.6 Å². The zero-order valence-electron chi connectivity index (χ0n) is 23.4. The number of sulfonamides is 1. The fourth-order valence-corrected chi connectivity index (χ4v) is 6.60. The van der Waals surface area contributed by atoms with Crippen LogP contribution in [-0.4, -0.2) is 58.2 Å². The molecule has 1 amide bonds. The molecular formula is C28H29ClN8O4S. The summed E-state index contributed by atoms with van der Waals surface area (Å²) in [5, 5.41) is 3.77. The van der Waals surface area contributed by atoms with Gasteiger partial charge in [-0.15, -0.1) is 0 Å². The summed E-state index contributed by atoms with van der Waals surface area (Å²) in [6.07, 6.45) is 6.10. The molecule has 42 heavy (non-hydrogen) atoms. The minimum atomic E-state index is -3.83.